The molecule has 0 spiro atoms. The van der Waals surface area contributed by atoms with E-state index < -0.39 is 0 Å². The zero-order valence-corrected chi connectivity index (χ0v) is 9.24. The predicted octanol–water partition coefficient (Wildman–Crippen LogP) is 2.12. The van der Waals surface area contributed by atoms with E-state index in [1.54, 1.807) is 0 Å². The van der Waals surface area contributed by atoms with E-state index in [1.807, 2.05) is 0 Å². The molecule has 3 aliphatic carbocycles. The Bertz CT molecular complexity index is 254. The summed E-state index contributed by atoms with van der Waals surface area (Å²) < 4.78 is 0. The third-order valence-electron chi connectivity index (χ3n) is 3.83. The molecule has 3 saturated carbocycles. The van der Waals surface area contributed by atoms with Crippen molar-refractivity contribution in [3.63, 3.8) is 0 Å². The molecule has 0 atom stereocenters. The van der Waals surface area contributed by atoms with Gasteiger partial charge in [-0.05, 0) is 50.9 Å². The van der Waals surface area contributed by atoms with Gasteiger partial charge in [-0.3, -0.25) is 0 Å². The number of carbonyl (C=O) groups excluding carboxylic acids is 1. The highest BCUT2D eigenvalue weighted by Crippen LogP contribution is 2.35. The first-order chi connectivity index (χ1) is 7.33. The zero-order valence-electron chi connectivity index (χ0n) is 9.24. The Labute approximate surface area is 91.2 Å². The van der Waals surface area contributed by atoms with Crippen molar-refractivity contribution in [3.8, 4) is 0 Å². The van der Waals surface area contributed by atoms with Crippen LogP contribution in [0.5, 0.6) is 0 Å². The lowest BCUT2D eigenvalue weighted by Crippen LogP contribution is -2.48. The number of urea groups is 1. The summed E-state index contributed by atoms with van der Waals surface area (Å²) in [4.78, 5) is 14.1. The Balaban J connectivity index is 1.52. The lowest BCUT2D eigenvalue weighted by Gasteiger charge is -2.30. The Morgan fingerprint density at radius 3 is 2.33 bits per heavy atom. The number of nitrogens with one attached hydrogen (secondary N) is 1. The van der Waals surface area contributed by atoms with Crippen LogP contribution in [-0.4, -0.2) is 29.6 Å². The molecule has 15 heavy (non-hydrogen) atoms. The van der Waals surface area contributed by atoms with Crippen molar-refractivity contribution in [2.24, 2.45) is 5.92 Å². The highest BCUT2D eigenvalue weighted by atomic mass is 16.2. The number of hydrogen-bond donors (Lipinski definition) is 1. The van der Waals surface area contributed by atoms with Gasteiger partial charge >= 0.3 is 6.03 Å². The maximum atomic E-state index is 12.0. The van der Waals surface area contributed by atoms with Crippen molar-refractivity contribution in [2.75, 3.05) is 6.54 Å². The molecule has 0 saturated heterocycles. The molecule has 84 valence electrons. The van der Waals surface area contributed by atoms with E-state index >= 15 is 0 Å². The van der Waals surface area contributed by atoms with Crippen LogP contribution in [0, 0.1) is 5.92 Å². The van der Waals surface area contributed by atoms with E-state index in [4.69, 9.17) is 0 Å². The summed E-state index contributed by atoms with van der Waals surface area (Å²) in [5.74, 6) is 0.817. The summed E-state index contributed by atoms with van der Waals surface area (Å²) in [6.07, 6.45) is 8.79. The second kappa shape index (κ2) is 3.69. The Morgan fingerprint density at radius 2 is 1.87 bits per heavy atom. The lowest BCUT2D eigenvalue weighted by molar-refractivity contribution is 0.181. The monoisotopic (exact) mass is 208 g/mol. The van der Waals surface area contributed by atoms with Gasteiger partial charge in [-0.1, -0.05) is 0 Å². The second-order valence-corrected chi connectivity index (χ2v) is 5.40. The first kappa shape index (κ1) is 9.49. The van der Waals surface area contributed by atoms with Crippen LogP contribution in [0.15, 0.2) is 0 Å². The molecule has 0 heterocycles. The standard InChI is InChI=1S/C12H20N2O/c15-12(13-10-2-1-3-10)14(11-6-7-11)8-9-4-5-9/h9-11H,1-8H2,(H,13,15). The predicted molar refractivity (Wildman–Crippen MR) is 58.6 cm³/mol. The van der Waals surface area contributed by atoms with Crippen molar-refractivity contribution in [1.82, 2.24) is 10.2 Å². The van der Waals surface area contributed by atoms with Crippen molar-refractivity contribution in [1.29, 1.82) is 0 Å². The number of hydrogen-bond acceptors (Lipinski definition) is 1. The summed E-state index contributed by atoms with van der Waals surface area (Å²) >= 11 is 0. The SMILES string of the molecule is O=C(NC1CCC1)N(CC1CC1)C1CC1. The molecule has 3 rings (SSSR count). The average molecular weight is 208 g/mol. The maximum absolute atomic E-state index is 12.0. The molecule has 1 N–H and O–H groups in total. The van der Waals surface area contributed by atoms with Gasteiger partial charge in [-0.25, -0.2) is 4.79 Å². The van der Waals surface area contributed by atoms with Gasteiger partial charge in [0.15, 0.2) is 0 Å². The molecule has 2 amide bonds. The van der Waals surface area contributed by atoms with E-state index in [9.17, 15) is 4.79 Å². The number of nitrogens with zero attached hydrogens (tertiary/aromatic N) is 1. The molecule has 0 unspecified atom stereocenters. The second-order valence-electron chi connectivity index (χ2n) is 5.40. The van der Waals surface area contributed by atoms with Gasteiger partial charge in [-0.2, -0.15) is 0 Å². The van der Waals surface area contributed by atoms with Gasteiger partial charge in [0.05, 0.1) is 0 Å². The molecule has 3 fully saturated rings. The molecule has 0 aromatic carbocycles. The van der Waals surface area contributed by atoms with Gasteiger partial charge < -0.3 is 10.2 Å². The van der Waals surface area contributed by atoms with Crippen LogP contribution in [0.1, 0.15) is 44.9 Å². The number of carbonyl (C=O) groups is 1. The van der Waals surface area contributed by atoms with Crippen molar-refractivity contribution in [2.45, 2.75) is 57.0 Å². The average Bonchev–Trinajstić information content (AvgIpc) is 2.98. The van der Waals surface area contributed by atoms with Gasteiger partial charge in [-0.15, -0.1) is 0 Å². The normalized spacial score (nSPS) is 25.9. The van der Waals surface area contributed by atoms with Crippen molar-refractivity contribution in [3.05, 3.63) is 0 Å². The summed E-state index contributed by atoms with van der Waals surface area (Å²) in [6, 6.07) is 1.28. The molecule has 0 aliphatic heterocycles. The maximum Gasteiger partial charge on any atom is 0.317 e. The highest BCUT2D eigenvalue weighted by molar-refractivity contribution is 5.75. The van der Waals surface area contributed by atoms with Gasteiger partial charge in [0.1, 0.15) is 0 Å². The van der Waals surface area contributed by atoms with E-state index in [1.165, 1.54) is 44.9 Å². The molecule has 3 nitrogen and oxygen atoms in total. The molecule has 0 bridgehead atoms. The molecule has 3 aliphatic rings. The largest absolute Gasteiger partial charge is 0.335 e. The number of rotatable bonds is 4. The fraction of sp³-hybridized carbons (Fsp3) is 0.917. The van der Waals surface area contributed by atoms with Crippen molar-refractivity contribution < 1.29 is 4.79 Å². The Kier molecular flexibility index (Phi) is 2.33. The van der Waals surface area contributed by atoms with E-state index in [0.717, 1.165) is 12.5 Å². The van der Waals surface area contributed by atoms with Gasteiger partial charge in [0.25, 0.3) is 0 Å². The minimum Gasteiger partial charge on any atom is -0.335 e. The van der Waals surface area contributed by atoms with Crippen LogP contribution in [0.25, 0.3) is 0 Å². The molecule has 0 aromatic heterocycles. The molecular weight excluding hydrogens is 188 g/mol. The first-order valence-electron chi connectivity index (χ1n) is 6.40. The Hall–Kier alpha value is -0.730. The van der Waals surface area contributed by atoms with E-state index in [2.05, 4.69) is 10.2 Å². The fourth-order valence-electron chi connectivity index (χ4n) is 2.17. The molecule has 0 radical (unpaired) electrons. The van der Waals surface area contributed by atoms with Crippen LogP contribution in [0.4, 0.5) is 4.79 Å². The van der Waals surface area contributed by atoms with Crippen LogP contribution >= 0.6 is 0 Å². The number of amides is 2. The van der Waals surface area contributed by atoms with Gasteiger partial charge in [0, 0.05) is 18.6 Å². The van der Waals surface area contributed by atoms with Gasteiger partial charge in [0.2, 0.25) is 0 Å². The highest BCUT2D eigenvalue weighted by Gasteiger charge is 2.37. The molecular formula is C12H20N2O. The van der Waals surface area contributed by atoms with Crippen LogP contribution < -0.4 is 5.32 Å². The minimum absolute atomic E-state index is 0.217. The summed E-state index contributed by atoms with van der Waals surface area (Å²) in [7, 11) is 0. The summed E-state index contributed by atoms with van der Waals surface area (Å²) in [5, 5.41) is 3.16. The minimum atomic E-state index is 0.217. The van der Waals surface area contributed by atoms with Crippen molar-refractivity contribution >= 4 is 6.03 Å². The quantitative estimate of drug-likeness (QED) is 0.754. The van der Waals surface area contributed by atoms with Crippen LogP contribution in [-0.2, 0) is 0 Å². The molecule has 3 heteroatoms. The summed E-state index contributed by atoms with van der Waals surface area (Å²) in [6.45, 7) is 1.02. The topological polar surface area (TPSA) is 32.3 Å². The third kappa shape index (κ3) is 2.27. The van der Waals surface area contributed by atoms with E-state index in [-0.39, 0.29) is 6.03 Å². The Morgan fingerprint density at radius 1 is 1.13 bits per heavy atom. The summed E-state index contributed by atoms with van der Waals surface area (Å²) in [5.41, 5.74) is 0. The molecule has 0 aromatic rings. The third-order valence-corrected chi connectivity index (χ3v) is 3.83. The van der Waals surface area contributed by atoms with E-state index in [0.29, 0.717) is 12.1 Å². The zero-order chi connectivity index (χ0) is 10.3. The fourth-order valence-corrected chi connectivity index (χ4v) is 2.17. The van der Waals surface area contributed by atoms with Crippen LogP contribution in [0.2, 0.25) is 0 Å². The smallest absolute Gasteiger partial charge is 0.317 e. The van der Waals surface area contributed by atoms with Crippen LogP contribution in [0.3, 0.4) is 0 Å². The first-order valence-corrected chi connectivity index (χ1v) is 6.40. The lowest BCUT2D eigenvalue weighted by atomic mass is 9.93.